The van der Waals surface area contributed by atoms with Crippen LogP contribution in [0.1, 0.15) is 18.1 Å². The van der Waals surface area contributed by atoms with Crippen molar-refractivity contribution in [3.63, 3.8) is 0 Å². The topological polar surface area (TPSA) is 86.6 Å². The van der Waals surface area contributed by atoms with Gasteiger partial charge in [-0.15, -0.1) is 0 Å². The standard InChI is InChI=1S/C11H14ClNO2.C8H7ClO2/c1-8(14)7-13-11(15)6-9-2-4-10(12)5-3-9;9-7-3-1-6(2-4-7)5-8(10)11/h2-5,8,14H,6-7H2,1H3,(H,13,15);1-4H,5H2,(H,10,11). The third-order valence-electron chi connectivity index (χ3n) is 3.14. The lowest BCUT2D eigenvalue weighted by molar-refractivity contribution is -0.136. The third-order valence-corrected chi connectivity index (χ3v) is 3.65. The van der Waals surface area contributed by atoms with Gasteiger partial charge in [0.05, 0.1) is 18.9 Å². The van der Waals surface area contributed by atoms with Crippen LogP contribution in [0.5, 0.6) is 0 Å². The molecule has 1 unspecified atom stereocenters. The molecule has 0 fully saturated rings. The summed E-state index contributed by atoms with van der Waals surface area (Å²) in [6, 6.07) is 13.9. The van der Waals surface area contributed by atoms with Gasteiger partial charge in [-0.25, -0.2) is 0 Å². The molecule has 0 saturated carbocycles. The number of aliphatic hydroxyl groups excluding tert-OH is 1. The average molecular weight is 398 g/mol. The van der Waals surface area contributed by atoms with E-state index in [0.717, 1.165) is 11.1 Å². The van der Waals surface area contributed by atoms with Gasteiger partial charge in [0.2, 0.25) is 5.91 Å². The Bertz CT molecular complexity index is 700. The molecule has 0 saturated heterocycles. The first kappa shape index (κ1) is 22.0. The highest BCUT2D eigenvalue weighted by atomic mass is 35.5. The van der Waals surface area contributed by atoms with Gasteiger partial charge in [0.1, 0.15) is 0 Å². The molecule has 140 valence electrons. The van der Waals surface area contributed by atoms with E-state index < -0.39 is 12.1 Å². The Kier molecular flexibility index (Phi) is 9.73. The Morgan fingerprint density at radius 3 is 1.73 bits per heavy atom. The number of aliphatic carboxylic acids is 1. The molecule has 7 heteroatoms. The number of nitrogens with one attached hydrogen (secondary N) is 1. The molecule has 1 atom stereocenters. The summed E-state index contributed by atoms with van der Waals surface area (Å²) in [6.45, 7) is 1.91. The van der Waals surface area contributed by atoms with Gasteiger partial charge in [0, 0.05) is 16.6 Å². The molecule has 26 heavy (non-hydrogen) atoms. The fourth-order valence-electron chi connectivity index (χ4n) is 1.89. The molecule has 0 aliphatic rings. The second-order valence-electron chi connectivity index (χ2n) is 5.65. The van der Waals surface area contributed by atoms with Crippen molar-refractivity contribution in [1.29, 1.82) is 0 Å². The van der Waals surface area contributed by atoms with E-state index >= 15 is 0 Å². The molecule has 0 aromatic heterocycles. The number of hydrogen-bond donors (Lipinski definition) is 3. The summed E-state index contributed by atoms with van der Waals surface area (Å²) >= 11 is 11.3. The smallest absolute Gasteiger partial charge is 0.307 e. The molecule has 0 spiro atoms. The summed E-state index contributed by atoms with van der Waals surface area (Å²) < 4.78 is 0. The molecule has 0 aliphatic heterocycles. The number of rotatable bonds is 6. The summed E-state index contributed by atoms with van der Waals surface area (Å²) in [5, 5.41) is 21.3. The van der Waals surface area contributed by atoms with Crippen LogP contribution in [0.4, 0.5) is 0 Å². The van der Waals surface area contributed by atoms with E-state index in [9.17, 15) is 9.59 Å². The largest absolute Gasteiger partial charge is 0.481 e. The van der Waals surface area contributed by atoms with Gasteiger partial charge in [0.25, 0.3) is 0 Å². The fourth-order valence-corrected chi connectivity index (χ4v) is 2.14. The van der Waals surface area contributed by atoms with Crippen LogP contribution in [0.15, 0.2) is 48.5 Å². The van der Waals surface area contributed by atoms with Crippen LogP contribution in [0.25, 0.3) is 0 Å². The van der Waals surface area contributed by atoms with Crippen molar-refractivity contribution >= 4 is 35.1 Å². The van der Waals surface area contributed by atoms with Crippen LogP contribution in [0, 0.1) is 0 Å². The van der Waals surface area contributed by atoms with Gasteiger partial charge in [-0.1, -0.05) is 47.5 Å². The van der Waals surface area contributed by atoms with Gasteiger partial charge in [-0.3, -0.25) is 9.59 Å². The van der Waals surface area contributed by atoms with E-state index in [0.29, 0.717) is 16.5 Å². The van der Waals surface area contributed by atoms with E-state index in [1.165, 1.54) is 0 Å². The van der Waals surface area contributed by atoms with E-state index in [4.69, 9.17) is 33.4 Å². The maximum absolute atomic E-state index is 11.3. The molecule has 0 heterocycles. The van der Waals surface area contributed by atoms with Crippen LogP contribution in [-0.4, -0.2) is 34.7 Å². The van der Waals surface area contributed by atoms with Gasteiger partial charge >= 0.3 is 5.97 Å². The Hall–Kier alpha value is -2.08. The highest BCUT2D eigenvalue weighted by Gasteiger charge is 2.04. The number of halogens is 2. The average Bonchev–Trinajstić information content (AvgIpc) is 2.57. The molecule has 1 amide bonds. The molecule has 2 rings (SSSR count). The minimum Gasteiger partial charge on any atom is -0.481 e. The first-order valence-electron chi connectivity index (χ1n) is 7.91. The zero-order valence-electron chi connectivity index (χ0n) is 14.3. The van der Waals surface area contributed by atoms with Gasteiger partial charge in [-0.2, -0.15) is 0 Å². The third kappa shape index (κ3) is 10.0. The molecule has 2 aromatic carbocycles. The molecular weight excluding hydrogens is 377 g/mol. The number of aliphatic hydroxyl groups is 1. The number of carbonyl (C=O) groups is 2. The minimum absolute atomic E-state index is 0.0527. The van der Waals surface area contributed by atoms with Gasteiger partial charge in [-0.05, 0) is 42.3 Å². The lowest BCUT2D eigenvalue weighted by atomic mass is 10.1. The molecule has 0 aliphatic carbocycles. The van der Waals surface area contributed by atoms with Crippen molar-refractivity contribution in [3.8, 4) is 0 Å². The first-order valence-corrected chi connectivity index (χ1v) is 8.67. The number of amides is 1. The number of hydrogen-bond acceptors (Lipinski definition) is 3. The number of benzene rings is 2. The lowest BCUT2D eigenvalue weighted by Gasteiger charge is -2.06. The predicted octanol–water partition coefficient (Wildman–Crippen LogP) is 3.35. The van der Waals surface area contributed by atoms with Crippen molar-refractivity contribution in [2.75, 3.05) is 6.54 Å². The Labute approximate surface area is 162 Å². The molecule has 5 nitrogen and oxygen atoms in total. The van der Waals surface area contributed by atoms with Crippen LogP contribution in [-0.2, 0) is 22.4 Å². The predicted molar refractivity (Wildman–Crippen MR) is 103 cm³/mol. The second-order valence-corrected chi connectivity index (χ2v) is 6.53. The van der Waals surface area contributed by atoms with E-state index in [-0.39, 0.29) is 18.9 Å². The minimum atomic E-state index is -0.827. The molecular formula is C19H21Cl2NO4. The summed E-state index contributed by atoms with van der Waals surface area (Å²) in [7, 11) is 0. The van der Waals surface area contributed by atoms with Crippen molar-refractivity contribution in [2.24, 2.45) is 0 Å². The SMILES string of the molecule is CC(O)CNC(=O)Cc1ccc(Cl)cc1.O=C(O)Cc1ccc(Cl)cc1. The lowest BCUT2D eigenvalue weighted by Crippen LogP contribution is -2.31. The molecule has 0 radical (unpaired) electrons. The Morgan fingerprint density at radius 2 is 1.35 bits per heavy atom. The summed E-state index contributed by atoms with van der Waals surface area (Å²) in [5.41, 5.74) is 1.67. The summed E-state index contributed by atoms with van der Waals surface area (Å²) in [5.74, 6) is -0.925. The monoisotopic (exact) mass is 397 g/mol. The zero-order valence-corrected chi connectivity index (χ0v) is 15.8. The molecule has 2 aromatic rings. The maximum atomic E-state index is 11.3. The summed E-state index contributed by atoms with van der Waals surface area (Å²) in [6.07, 6.45) is -0.152. The normalized spacial score (nSPS) is 11.1. The van der Waals surface area contributed by atoms with E-state index in [1.807, 2.05) is 12.1 Å². The van der Waals surface area contributed by atoms with E-state index in [2.05, 4.69) is 5.32 Å². The molecule has 0 bridgehead atoms. The Morgan fingerprint density at radius 1 is 0.923 bits per heavy atom. The van der Waals surface area contributed by atoms with Crippen molar-refractivity contribution < 1.29 is 19.8 Å². The zero-order chi connectivity index (χ0) is 19.5. The quantitative estimate of drug-likeness (QED) is 0.697. The van der Waals surface area contributed by atoms with Crippen molar-refractivity contribution in [1.82, 2.24) is 5.32 Å². The van der Waals surface area contributed by atoms with Crippen LogP contribution in [0.3, 0.4) is 0 Å². The van der Waals surface area contributed by atoms with Crippen molar-refractivity contribution in [2.45, 2.75) is 25.9 Å². The highest BCUT2D eigenvalue weighted by Crippen LogP contribution is 2.10. The number of carboxylic acid groups (broad SMARTS) is 1. The van der Waals surface area contributed by atoms with Crippen LogP contribution in [0.2, 0.25) is 10.0 Å². The number of carboxylic acids is 1. The van der Waals surface area contributed by atoms with E-state index in [1.54, 1.807) is 43.3 Å². The van der Waals surface area contributed by atoms with Crippen LogP contribution >= 0.6 is 23.2 Å². The maximum Gasteiger partial charge on any atom is 0.307 e. The second kappa shape index (κ2) is 11.5. The highest BCUT2D eigenvalue weighted by molar-refractivity contribution is 6.30. The Balaban J connectivity index is 0.000000273. The van der Waals surface area contributed by atoms with Crippen LogP contribution < -0.4 is 5.32 Å². The van der Waals surface area contributed by atoms with Gasteiger partial charge in [0.15, 0.2) is 0 Å². The van der Waals surface area contributed by atoms with Gasteiger partial charge < -0.3 is 15.5 Å². The summed E-state index contributed by atoms with van der Waals surface area (Å²) in [4.78, 5) is 21.6. The number of carbonyl (C=O) groups excluding carboxylic acids is 1. The fraction of sp³-hybridized carbons (Fsp3) is 0.263. The molecule has 3 N–H and O–H groups in total. The first-order chi connectivity index (χ1) is 12.3. The van der Waals surface area contributed by atoms with Crippen molar-refractivity contribution in [3.05, 3.63) is 69.7 Å².